The average molecular weight is 362 g/mol. The molecule has 2 fully saturated rings. The van der Waals surface area contributed by atoms with Gasteiger partial charge in [-0.3, -0.25) is 9.78 Å². The maximum atomic E-state index is 13.0. The number of aromatic nitrogens is 1. The minimum absolute atomic E-state index is 0.0593. The molecule has 2 unspecified atom stereocenters. The molecule has 1 saturated carbocycles. The summed E-state index contributed by atoms with van der Waals surface area (Å²) in [5.41, 5.74) is 1.52. The molecule has 1 saturated heterocycles. The lowest BCUT2D eigenvalue weighted by atomic mass is 10.0. The van der Waals surface area contributed by atoms with Crippen LogP contribution in [0.25, 0.3) is 11.3 Å². The summed E-state index contributed by atoms with van der Waals surface area (Å²) in [4.78, 5) is 19.2. The van der Waals surface area contributed by atoms with Crippen molar-refractivity contribution in [1.29, 1.82) is 0 Å². The van der Waals surface area contributed by atoms with Crippen LogP contribution in [-0.2, 0) is 0 Å². The van der Waals surface area contributed by atoms with Gasteiger partial charge in [-0.15, -0.1) is 13.2 Å². The number of likely N-dealkylation sites (tertiary alicyclic amines) is 1. The van der Waals surface area contributed by atoms with Gasteiger partial charge in [0.25, 0.3) is 5.91 Å². The van der Waals surface area contributed by atoms with E-state index in [0.717, 1.165) is 19.4 Å². The summed E-state index contributed by atoms with van der Waals surface area (Å²) < 4.78 is 40.8. The Bertz CT molecular complexity index is 820. The van der Waals surface area contributed by atoms with Gasteiger partial charge in [-0.2, -0.15) is 0 Å². The highest BCUT2D eigenvalue weighted by atomic mass is 19.4. The summed E-state index contributed by atoms with van der Waals surface area (Å²) in [6.07, 6.45) is 0.111. The summed E-state index contributed by atoms with van der Waals surface area (Å²) in [6, 6.07) is 9.13. The van der Waals surface area contributed by atoms with E-state index >= 15 is 0 Å². The Hall–Kier alpha value is -2.57. The van der Waals surface area contributed by atoms with Gasteiger partial charge in [-0.1, -0.05) is 0 Å². The third kappa shape index (κ3) is 3.25. The van der Waals surface area contributed by atoms with Gasteiger partial charge in [0.05, 0.1) is 11.3 Å². The van der Waals surface area contributed by atoms with E-state index < -0.39 is 6.36 Å². The van der Waals surface area contributed by atoms with Gasteiger partial charge in [0.2, 0.25) is 0 Å². The van der Waals surface area contributed by atoms with Crippen LogP contribution in [0.5, 0.6) is 5.75 Å². The molecule has 1 amide bonds. The van der Waals surface area contributed by atoms with Crippen molar-refractivity contribution in [2.45, 2.75) is 31.7 Å². The quantitative estimate of drug-likeness (QED) is 0.819. The van der Waals surface area contributed by atoms with Crippen LogP contribution >= 0.6 is 0 Å². The van der Waals surface area contributed by atoms with Crippen molar-refractivity contribution in [3.05, 3.63) is 48.2 Å². The van der Waals surface area contributed by atoms with Crippen LogP contribution in [0.4, 0.5) is 13.2 Å². The van der Waals surface area contributed by atoms with Crippen molar-refractivity contribution in [3.63, 3.8) is 0 Å². The van der Waals surface area contributed by atoms with E-state index in [1.165, 1.54) is 30.7 Å². The summed E-state index contributed by atoms with van der Waals surface area (Å²) >= 11 is 0. The molecule has 4 rings (SSSR count). The number of amides is 1. The number of carbonyl (C=O) groups excluding carboxylic acids is 1. The number of carbonyl (C=O) groups is 1. The van der Waals surface area contributed by atoms with Gasteiger partial charge in [-0.05, 0) is 61.6 Å². The number of ether oxygens (including phenoxy) is 1. The lowest BCUT2D eigenvalue weighted by Gasteiger charge is -2.27. The molecule has 1 aliphatic carbocycles. The van der Waals surface area contributed by atoms with E-state index in [1.807, 2.05) is 4.90 Å². The standard InChI is InChI=1S/C19H17F3N2O2/c20-19(21,22)26-15-7-4-13(5-8-15)17-16(2-1-9-23-17)18(25)24-11-12-3-6-14(24)10-12/h1-2,4-5,7-9,12,14H,3,6,10-11H2. The van der Waals surface area contributed by atoms with Gasteiger partial charge in [0, 0.05) is 24.3 Å². The topological polar surface area (TPSA) is 42.4 Å². The molecule has 2 atom stereocenters. The Morgan fingerprint density at radius 2 is 1.92 bits per heavy atom. The summed E-state index contributed by atoms with van der Waals surface area (Å²) in [5, 5.41) is 0. The van der Waals surface area contributed by atoms with E-state index in [1.54, 1.807) is 18.3 Å². The molecule has 1 aliphatic heterocycles. The molecule has 2 aromatic rings. The van der Waals surface area contributed by atoms with Crippen LogP contribution in [0.15, 0.2) is 42.6 Å². The smallest absolute Gasteiger partial charge is 0.406 e. The second-order valence-electron chi connectivity index (χ2n) is 6.76. The van der Waals surface area contributed by atoms with Gasteiger partial charge >= 0.3 is 6.36 Å². The van der Waals surface area contributed by atoms with Crippen molar-refractivity contribution in [1.82, 2.24) is 9.88 Å². The third-order valence-electron chi connectivity index (χ3n) is 5.07. The molecule has 1 aromatic carbocycles. The van der Waals surface area contributed by atoms with Crippen LogP contribution in [-0.4, -0.2) is 34.7 Å². The zero-order valence-corrected chi connectivity index (χ0v) is 13.9. The first-order valence-electron chi connectivity index (χ1n) is 8.53. The summed E-state index contributed by atoms with van der Waals surface area (Å²) in [7, 11) is 0. The minimum Gasteiger partial charge on any atom is -0.406 e. The number of piperidine rings is 1. The van der Waals surface area contributed by atoms with Crippen molar-refractivity contribution >= 4 is 5.91 Å². The molecule has 0 spiro atoms. The van der Waals surface area contributed by atoms with Crippen LogP contribution in [0.2, 0.25) is 0 Å². The maximum absolute atomic E-state index is 13.0. The lowest BCUT2D eigenvalue weighted by molar-refractivity contribution is -0.274. The molecule has 2 aliphatic rings. The van der Waals surface area contributed by atoms with Crippen LogP contribution in [0, 0.1) is 5.92 Å². The molecule has 1 aromatic heterocycles. The van der Waals surface area contributed by atoms with Crippen LogP contribution < -0.4 is 4.74 Å². The number of hydrogen-bond acceptors (Lipinski definition) is 3. The average Bonchev–Trinajstić information content (AvgIpc) is 3.24. The molecular weight excluding hydrogens is 345 g/mol. The highest BCUT2D eigenvalue weighted by Gasteiger charge is 2.41. The van der Waals surface area contributed by atoms with Crippen LogP contribution in [0.1, 0.15) is 29.6 Å². The Labute approximate surface area is 148 Å². The number of nitrogens with zero attached hydrogens (tertiary/aromatic N) is 2. The minimum atomic E-state index is -4.73. The fourth-order valence-corrected chi connectivity index (χ4v) is 3.95. The Morgan fingerprint density at radius 3 is 2.54 bits per heavy atom. The van der Waals surface area contributed by atoms with Gasteiger partial charge in [-0.25, -0.2) is 0 Å². The number of rotatable bonds is 3. The zero-order valence-electron chi connectivity index (χ0n) is 13.9. The first kappa shape index (κ1) is 16.9. The number of pyridine rings is 1. The fraction of sp³-hybridized carbons (Fsp3) is 0.368. The summed E-state index contributed by atoms with van der Waals surface area (Å²) in [6.45, 7) is 0.774. The molecule has 2 bridgehead atoms. The van der Waals surface area contributed by atoms with Crippen molar-refractivity contribution in [3.8, 4) is 17.0 Å². The highest BCUT2D eigenvalue weighted by molar-refractivity contribution is 6.00. The SMILES string of the molecule is O=C(c1cccnc1-c1ccc(OC(F)(F)F)cc1)N1CC2CCC1C2. The molecule has 7 heteroatoms. The van der Waals surface area contributed by atoms with Crippen molar-refractivity contribution in [2.24, 2.45) is 5.92 Å². The van der Waals surface area contributed by atoms with E-state index in [9.17, 15) is 18.0 Å². The van der Waals surface area contributed by atoms with E-state index in [2.05, 4.69) is 9.72 Å². The molecule has 0 radical (unpaired) electrons. The first-order valence-corrected chi connectivity index (χ1v) is 8.53. The number of alkyl halides is 3. The van der Waals surface area contributed by atoms with Crippen molar-refractivity contribution < 1.29 is 22.7 Å². The number of fused-ring (bicyclic) bond motifs is 2. The van der Waals surface area contributed by atoms with Gasteiger partial charge < -0.3 is 9.64 Å². The van der Waals surface area contributed by atoms with Crippen LogP contribution in [0.3, 0.4) is 0 Å². The predicted molar refractivity (Wildman–Crippen MR) is 88.5 cm³/mol. The largest absolute Gasteiger partial charge is 0.573 e. The molecule has 2 heterocycles. The van der Waals surface area contributed by atoms with Gasteiger partial charge in [0.15, 0.2) is 0 Å². The fourth-order valence-electron chi connectivity index (χ4n) is 3.95. The second-order valence-corrected chi connectivity index (χ2v) is 6.76. The van der Waals surface area contributed by atoms with Gasteiger partial charge in [0.1, 0.15) is 5.75 Å². The maximum Gasteiger partial charge on any atom is 0.573 e. The number of hydrogen-bond donors (Lipinski definition) is 0. The number of benzene rings is 1. The third-order valence-corrected chi connectivity index (χ3v) is 5.07. The van der Waals surface area contributed by atoms with E-state index in [0.29, 0.717) is 28.8 Å². The zero-order chi connectivity index (χ0) is 18.3. The second kappa shape index (κ2) is 6.30. The highest BCUT2D eigenvalue weighted by Crippen LogP contribution is 2.39. The Balaban J connectivity index is 1.61. The molecule has 4 nitrogen and oxygen atoms in total. The van der Waals surface area contributed by atoms with E-state index in [-0.39, 0.29) is 11.7 Å². The molecule has 0 N–H and O–H groups in total. The Kier molecular flexibility index (Phi) is 4.09. The van der Waals surface area contributed by atoms with Crippen molar-refractivity contribution in [2.75, 3.05) is 6.54 Å². The summed E-state index contributed by atoms with van der Waals surface area (Å²) in [5.74, 6) is 0.223. The monoisotopic (exact) mass is 362 g/mol. The normalized spacial score (nSPS) is 21.9. The molecular formula is C19H17F3N2O2. The Morgan fingerprint density at radius 1 is 1.15 bits per heavy atom. The van der Waals surface area contributed by atoms with E-state index in [4.69, 9.17) is 0 Å². The number of halogens is 3. The predicted octanol–water partition coefficient (Wildman–Crippen LogP) is 4.27. The lowest BCUT2D eigenvalue weighted by Crippen LogP contribution is -2.37. The molecule has 26 heavy (non-hydrogen) atoms. The molecule has 136 valence electrons. The first-order chi connectivity index (χ1) is 12.4.